The molecule has 0 saturated heterocycles. The molecule has 1 unspecified atom stereocenters. The van der Waals surface area contributed by atoms with E-state index in [0.717, 1.165) is 10.5 Å². The minimum Gasteiger partial charge on any atom is -0.497 e. The lowest BCUT2D eigenvalue weighted by Crippen LogP contribution is -2.46. The molecule has 5 rings (SSSR count). The van der Waals surface area contributed by atoms with E-state index in [-0.39, 0.29) is 18.0 Å². The van der Waals surface area contributed by atoms with Crippen molar-refractivity contribution >= 4 is 46.5 Å². The molecule has 0 fully saturated rings. The fraction of sp³-hybridized carbons (Fsp3) is 0.222. The van der Waals surface area contributed by atoms with Crippen LogP contribution in [0.1, 0.15) is 52.9 Å². The minimum atomic E-state index is -1.14. The molecule has 9 nitrogen and oxygen atoms in total. The monoisotopic (exact) mass is 639 g/mol. The van der Waals surface area contributed by atoms with Crippen LogP contribution in [-0.2, 0) is 20.9 Å². The zero-order valence-corrected chi connectivity index (χ0v) is 26.7. The zero-order valence-electron chi connectivity index (χ0n) is 26.0. The number of carbonyl (C=O) groups is 4. The highest BCUT2D eigenvalue weighted by Gasteiger charge is 2.39. The van der Waals surface area contributed by atoms with Gasteiger partial charge in [-0.1, -0.05) is 74.0 Å². The third-order valence-corrected chi connectivity index (χ3v) is 8.16. The van der Waals surface area contributed by atoms with Gasteiger partial charge < -0.3 is 19.7 Å². The smallest absolute Gasteiger partial charge is 0.299 e. The number of hydrogen-bond donors (Lipinski definition) is 1. The maximum Gasteiger partial charge on any atom is 0.299 e. The van der Waals surface area contributed by atoms with E-state index in [1.807, 2.05) is 24.3 Å². The Balaban J connectivity index is 1.58. The standard InChI is InChI=1S/C36H34ClN3O6/c1-22(2)24-11-13-25(14-12-24)33(35(43)38-29-18-17-27(45-3)19-31(29)46-4)40(20-23-9-15-26(37)16-10-23)32(41)21-39-30-8-6-5-7-28(30)34(42)36(39)44/h5-19,22,33H,20-21H2,1-4H3,(H,38,43). The van der Waals surface area contributed by atoms with Gasteiger partial charge in [-0.3, -0.25) is 24.1 Å². The van der Waals surface area contributed by atoms with Crippen molar-refractivity contribution in [1.29, 1.82) is 0 Å². The van der Waals surface area contributed by atoms with Crippen LogP contribution in [0.2, 0.25) is 5.02 Å². The third kappa shape index (κ3) is 6.74. The van der Waals surface area contributed by atoms with Gasteiger partial charge in [0.15, 0.2) is 0 Å². The lowest BCUT2D eigenvalue weighted by atomic mass is 9.97. The maximum atomic E-state index is 14.4. The number of benzene rings is 4. The van der Waals surface area contributed by atoms with Gasteiger partial charge >= 0.3 is 0 Å². The highest BCUT2D eigenvalue weighted by atomic mass is 35.5. The Hall–Kier alpha value is -5.15. The molecule has 0 bridgehead atoms. The lowest BCUT2D eigenvalue weighted by Gasteiger charge is -2.33. The molecule has 236 valence electrons. The molecule has 0 saturated carbocycles. The predicted molar refractivity (Wildman–Crippen MR) is 177 cm³/mol. The third-order valence-electron chi connectivity index (χ3n) is 7.90. The Labute approximate surface area is 272 Å². The molecule has 1 aliphatic heterocycles. The molecule has 4 aromatic carbocycles. The minimum absolute atomic E-state index is 0.0113. The summed E-state index contributed by atoms with van der Waals surface area (Å²) in [5.41, 5.74) is 3.29. The molecule has 0 aliphatic carbocycles. The predicted octanol–water partition coefficient (Wildman–Crippen LogP) is 6.42. The summed E-state index contributed by atoms with van der Waals surface area (Å²) in [5.74, 6) is -1.37. The van der Waals surface area contributed by atoms with Crippen LogP contribution in [-0.4, -0.2) is 49.2 Å². The maximum absolute atomic E-state index is 14.4. The van der Waals surface area contributed by atoms with Crippen molar-refractivity contribution < 1.29 is 28.7 Å². The quantitative estimate of drug-likeness (QED) is 0.190. The first-order valence-corrected chi connectivity index (χ1v) is 15.1. The highest BCUT2D eigenvalue weighted by molar-refractivity contribution is 6.52. The number of ether oxygens (including phenoxy) is 2. The molecule has 10 heteroatoms. The Morgan fingerprint density at radius 1 is 0.870 bits per heavy atom. The van der Waals surface area contributed by atoms with Crippen LogP contribution in [0.3, 0.4) is 0 Å². The molecule has 0 aromatic heterocycles. The van der Waals surface area contributed by atoms with Gasteiger partial charge in [0.25, 0.3) is 17.6 Å². The summed E-state index contributed by atoms with van der Waals surface area (Å²) in [7, 11) is 3.01. The summed E-state index contributed by atoms with van der Waals surface area (Å²) < 4.78 is 10.8. The second-order valence-corrected chi connectivity index (χ2v) is 11.6. The summed E-state index contributed by atoms with van der Waals surface area (Å²) in [5, 5.41) is 3.45. The second kappa shape index (κ2) is 13.9. The fourth-order valence-electron chi connectivity index (χ4n) is 5.38. The largest absolute Gasteiger partial charge is 0.497 e. The SMILES string of the molecule is COc1ccc(NC(=O)C(c2ccc(C(C)C)cc2)N(Cc2ccc(Cl)cc2)C(=O)CN2C(=O)C(=O)c3ccccc32)c(OC)c1. The molecule has 46 heavy (non-hydrogen) atoms. The average molecular weight is 640 g/mol. The van der Waals surface area contributed by atoms with Gasteiger partial charge in [-0.05, 0) is 59.0 Å². The molecule has 0 spiro atoms. The summed E-state index contributed by atoms with van der Waals surface area (Å²) in [6, 6.07) is 24.8. The number of halogens is 1. The Bertz CT molecular complexity index is 1770. The van der Waals surface area contributed by atoms with Crippen molar-refractivity contribution in [1.82, 2.24) is 4.90 Å². The van der Waals surface area contributed by atoms with E-state index in [1.54, 1.807) is 66.7 Å². The first-order chi connectivity index (χ1) is 22.1. The van der Waals surface area contributed by atoms with E-state index in [9.17, 15) is 19.2 Å². The van der Waals surface area contributed by atoms with Crippen LogP contribution in [0.25, 0.3) is 0 Å². The van der Waals surface area contributed by atoms with Gasteiger partial charge in [-0.25, -0.2) is 0 Å². The molecule has 1 atom stereocenters. The summed E-state index contributed by atoms with van der Waals surface area (Å²) in [6.07, 6.45) is 0. The van der Waals surface area contributed by atoms with Crippen molar-refractivity contribution in [3.8, 4) is 11.5 Å². The van der Waals surface area contributed by atoms with Crippen LogP contribution in [0.5, 0.6) is 11.5 Å². The van der Waals surface area contributed by atoms with E-state index < -0.39 is 36.1 Å². The Morgan fingerprint density at radius 2 is 1.54 bits per heavy atom. The number of anilines is 2. The molecule has 1 aliphatic rings. The molecular formula is C36H34ClN3O6. The van der Waals surface area contributed by atoms with E-state index in [0.29, 0.717) is 39.0 Å². The van der Waals surface area contributed by atoms with Crippen LogP contribution < -0.4 is 19.7 Å². The average Bonchev–Trinajstić information content (AvgIpc) is 3.30. The topological polar surface area (TPSA) is 105 Å². The van der Waals surface area contributed by atoms with Gasteiger partial charge in [-0.2, -0.15) is 0 Å². The van der Waals surface area contributed by atoms with Gasteiger partial charge in [0.2, 0.25) is 5.91 Å². The van der Waals surface area contributed by atoms with Crippen LogP contribution in [0.4, 0.5) is 11.4 Å². The van der Waals surface area contributed by atoms with Crippen molar-refractivity contribution in [3.63, 3.8) is 0 Å². The van der Waals surface area contributed by atoms with Gasteiger partial charge in [0.05, 0.1) is 31.2 Å². The highest BCUT2D eigenvalue weighted by Crippen LogP contribution is 2.34. The number of amides is 3. The number of Topliss-reactive ketones (excluding diaryl/α,β-unsaturated/α-hetero) is 1. The molecule has 4 aromatic rings. The molecular weight excluding hydrogens is 606 g/mol. The summed E-state index contributed by atoms with van der Waals surface area (Å²) in [6.45, 7) is 3.70. The number of fused-ring (bicyclic) bond motifs is 1. The summed E-state index contributed by atoms with van der Waals surface area (Å²) in [4.78, 5) is 57.1. The van der Waals surface area contributed by atoms with Crippen molar-refractivity contribution in [2.45, 2.75) is 32.4 Å². The molecule has 1 N–H and O–H groups in total. The van der Waals surface area contributed by atoms with Gasteiger partial charge in [0, 0.05) is 17.6 Å². The Morgan fingerprint density at radius 3 is 2.20 bits per heavy atom. The van der Waals surface area contributed by atoms with E-state index in [2.05, 4.69) is 19.2 Å². The zero-order chi connectivity index (χ0) is 33.0. The number of ketones is 1. The number of para-hydroxylation sites is 1. The number of rotatable bonds is 11. The van der Waals surface area contributed by atoms with Crippen molar-refractivity contribution in [2.75, 3.05) is 31.0 Å². The van der Waals surface area contributed by atoms with Crippen LogP contribution in [0, 0.1) is 0 Å². The van der Waals surface area contributed by atoms with Gasteiger partial charge in [-0.15, -0.1) is 0 Å². The molecule has 3 amide bonds. The fourth-order valence-corrected chi connectivity index (χ4v) is 5.51. The number of hydrogen-bond acceptors (Lipinski definition) is 6. The van der Waals surface area contributed by atoms with E-state index in [4.69, 9.17) is 21.1 Å². The second-order valence-electron chi connectivity index (χ2n) is 11.2. The summed E-state index contributed by atoms with van der Waals surface area (Å²) >= 11 is 6.15. The lowest BCUT2D eigenvalue weighted by molar-refractivity contribution is -0.139. The first-order valence-electron chi connectivity index (χ1n) is 14.7. The number of nitrogens with one attached hydrogen (secondary N) is 1. The van der Waals surface area contributed by atoms with E-state index in [1.165, 1.54) is 19.1 Å². The van der Waals surface area contributed by atoms with Crippen molar-refractivity contribution in [3.05, 3.63) is 118 Å². The van der Waals surface area contributed by atoms with E-state index >= 15 is 0 Å². The van der Waals surface area contributed by atoms with Crippen LogP contribution in [0.15, 0.2) is 91.0 Å². The molecule has 1 heterocycles. The first kappa shape index (κ1) is 32.2. The van der Waals surface area contributed by atoms with Crippen LogP contribution >= 0.6 is 11.6 Å². The molecule has 0 radical (unpaired) electrons. The Kier molecular flexibility index (Phi) is 9.72. The van der Waals surface area contributed by atoms with Crippen molar-refractivity contribution in [2.24, 2.45) is 0 Å². The number of methoxy groups -OCH3 is 2. The number of nitrogens with zero attached hydrogens (tertiary/aromatic N) is 2. The normalized spacial score (nSPS) is 13.0. The van der Waals surface area contributed by atoms with Gasteiger partial charge in [0.1, 0.15) is 24.1 Å². The number of carbonyl (C=O) groups excluding carboxylic acids is 4.